The molecule has 1 atom stereocenters. The molecule has 0 aliphatic heterocycles. The third-order valence-electron chi connectivity index (χ3n) is 0.909. The summed E-state index contributed by atoms with van der Waals surface area (Å²) < 4.78 is 14.6. The van der Waals surface area contributed by atoms with Gasteiger partial charge >= 0.3 is 5.45 Å². The zero-order valence-corrected chi connectivity index (χ0v) is 6.87. The van der Waals surface area contributed by atoms with Gasteiger partial charge in [0, 0.05) is 14.0 Å². The van der Waals surface area contributed by atoms with Crippen molar-refractivity contribution >= 4 is 18.8 Å². The zero-order chi connectivity index (χ0) is 9.07. The third kappa shape index (κ3) is 2.37. The van der Waals surface area contributed by atoms with Gasteiger partial charge in [-0.2, -0.15) is 4.79 Å². The maximum Gasteiger partial charge on any atom is 0.401 e. The minimum absolute atomic E-state index is 0.868. The van der Waals surface area contributed by atoms with E-state index in [1.165, 1.54) is 0 Å². The summed E-state index contributed by atoms with van der Waals surface area (Å²) in [7, 11) is -3.56. The highest BCUT2D eigenvalue weighted by molar-refractivity contribution is 7.72. The molecule has 0 heterocycles. The van der Waals surface area contributed by atoms with E-state index in [9.17, 15) is 14.3 Å². The molecule has 0 N–H and O–H groups in total. The second-order valence-corrected chi connectivity index (χ2v) is 3.44. The van der Waals surface area contributed by atoms with Gasteiger partial charge in [-0.25, -0.2) is 0 Å². The van der Waals surface area contributed by atoms with Gasteiger partial charge in [-0.1, -0.05) is 0 Å². The van der Waals surface area contributed by atoms with Crippen molar-refractivity contribution in [1.29, 1.82) is 0 Å². The average molecular weight is 177 g/mol. The van der Waals surface area contributed by atoms with Crippen LogP contribution in [-0.4, -0.2) is 23.1 Å². The van der Waals surface area contributed by atoms with Crippen LogP contribution < -0.4 is 4.89 Å². The van der Waals surface area contributed by atoms with Crippen LogP contribution in [0.3, 0.4) is 0 Å². The topological polar surface area (TPSA) is 103 Å². The van der Waals surface area contributed by atoms with E-state index in [1.807, 2.05) is 0 Å². The molecule has 0 aliphatic carbocycles. The lowest BCUT2D eigenvalue weighted by molar-refractivity contribution is -0.193. The normalized spacial score (nSPS) is 14.8. The van der Waals surface area contributed by atoms with Crippen LogP contribution in [0.1, 0.15) is 6.92 Å². The molecule has 0 fully saturated rings. The van der Waals surface area contributed by atoms with Crippen LogP contribution in [0.5, 0.6) is 0 Å². The van der Waals surface area contributed by atoms with Gasteiger partial charge in [-0.15, -0.1) is 0 Å². The second kappa shape index (κ2) is 3.55. The van der Waals surface area contributed by atoms with Gasteiger partial charge in [0.2, 0.25) is 5.78 Å². The van der Waals surface area contributed by atoms with E-state index < -0.39 is 18.8 Å². The summed E-state index contributed by atoms with van der Waals surface area (Å²) in [5.41, 5.74) is 7.11. The Balaban J connectivity index is 4.99. The van der Waals surface area contributed by atoms with Gasteiger partial charge in [0.05, 0.1) is 0 Å². The summed E-state index contributed by atoms with van der Waals surface area (Å²) in [6, 6.07) is 0. The van der Waals surface area contributed by atoms with E-state index in [-0.39, 0.29) is 0 Å². The fourth-order valence-corrected chi connectivity index (χ4v) is 1.07. The molecule has 0 radical (unpaired) electrons. The molecule has 0 aliphatic rings. The number of hydrogen-bond acceptors (Lipinski definition) is 4. The van der Waals surface area contributed by atoms with Crippen LogP contribution in [0, 0.1) is 0 Å². The van der Waals surface area contributed by atoms with Crippen molar-refractivity contribution in [2.75, 3.05) is 7.11 Å². The quantitative estimate of drug-likeness (QED) is 0.248. The van der Waals surface area contributed by atoms with Gasteiger partial charge < -0.3 is 14.9 Å². The van der Waals surface area contributed by atoms with E-state index in [1.54, 1.807) is 0 Å². The molecule has 62 valence electrons. The van der Waals surface area contributed by atoms with Crippen molar-refractivity contribution in [1.82, 2.24) is 0 Å². The summed E-state index contributed by atoms with van der Waals surface area (Å²) >= 11 is 0. The lowest BCUT2D eigenvalue weighted by atomic mass is 10.5. The Morgan fingerprint density at radius 2 is 2.18 bits per heavy atom. The van der Waals surface area contributed by atoms with Gasteiger partial charge in [0.15, 0.2) is 0 Å². The van der Waals surface area contributed by atoms with Crippen molar-refractivity contribution in [2.24, 2.45) is 0 Å². The lowest BCUT2D eigenvalue weighted by Crippen LogP contribution is -2.20. The highest BCUT2D eigenvalue weighted by Gasteiger charge is 2.29. The Labute approximate surface area is 62.9 Å². The standard InChI is InChI=1S/C4H7N2O4P/c1-3(7)4(6-5)11(8,9)10-2/h1-2H3,(H,8,9)/p-1. The molecule has 0 aromatic rings. The Kier molecular flexibility index (Phi) is 3.29. The van der Waals surface area contributed by atoms with Crippen molar-refractivity contribution in [3.63, 3.8) is 0 Å². The molecule has 0 saturated heterocycles. The molecule has 0 aromatic heterocycles. The number of hydrogen-bond donors (Lipinski definition) is 0. The number of rotatable bonds is 3. The van der Waals surface area contributed by atoms with E-state index in [2.05, 4.69) is 9.31 Å². The lowest BCUT2D eigenvalue weighted by Gasteiger charge is -2.12. The van der Waals surface area contributed by atoms with Crippen LogP contribution in [0.15, 0.2) is 0 Å². The zero-order valence-electron chi connectivity index (χ0n) is 5.97. The van der Waals surface area contributed by atoms with E-state index >= 15 is 0 Å². The molecule has 1 unspecified atom stereocenters. The van der Waals surface area contributed by atoms with Crippen molar-refractivity contribution < 1.29 is 23.6 Å². The van der Waals surface area contributed by atoms with Gasteiger partial charge in [0.1, 0.15) is 0 Å². The Morgan fingerprint density at radius 1 is 1.73 bits per heavy atom. The molecule has 7 heteroatoms. The Morgan fingerprint density at radius 3 is 2.27 bits per heavy atom. The number of Topliss-reactive ketones (excluding diaryl/α,β-unsaturated/α-hetero) is 1. The summed E-state index contributed by atoms with van der Waals surface area (Å²) in [6.07, 6.45) is 0. The van der Waals surface area contributed by atoms with E-state index in [0.29, 0.717) is 0 Å². The second-order valence-electron chi connectivity index (χ2n) is 1.66. The molecule has 11 heavy (non-hydrogen) atoms. The van der Waals surface area contributed by atoms with Crippen molar-refractivity contribution in [2.45, 2.75) is 6.92 Å². The first-order chi connectivity index (χ1) is 4.95. The van der Waals surface area contributed by atoms with Gasteiger partial charge in [-0.05, 0) is 0 Å². The Bertz CT molecular complexity index is 267. The maximum atomic E-state index is 10.7. The summed E-state index contributed by atoms with van der Waals surface area (Å²) in [6.45, 7) is 0.957. The van der Waals surface area contributed by atoms with Crippen LogP contribution in [0.25, 0.3) is 5.53 Å². The molecule has 6 nitrogen and oxygen atoms in total. The molecular formula is C4H6N2O4P-. The minimum atomic E-state index is -4.44. The fourth-order valence-electron chi connectivity index (χ4n) is 0.404. The maximum absolute atomic E-state index is 10.7. The molecule has 0 amide bonds. The smallest absolute Gasteiger partial charge is 0.401 e. The van der Waals surface area contributed by atoms with Gasteiger partial charge in [0.25, 0.3) is 7.60 Å². The molecule has 0 saturated carbocycles. The first-order valence-electron chi connectivity index (χ1n) is 2.56. The van der Waals surface area contributed by atoms with Crippen LogP contribution in [-0.2, 0) is 13.9 Å². The van der Waals surface area contributed by atoms with Crippen LogP contribution >= 0.6 is 7.60 Å². The SMILES string of the molecule is COP(=O)([O-])C(=[N+]=[N-])C(C)=O. The fraction of sp³-hybridized carbons (Fsp3) is 0.500. The summed E-state index contributed by atoms with van der Waals surface area (Å²) in [5, 5.41) is 0. The molecule has 0 aromatic carbocycles. The third-order valence-corrected chi connectivity index (χ3v) is 2.31. The Hall–Kier alpha value is -0.800. The van der Waals surface area contributed by atoms with Crippen LogP contribution in [0.4, 0.5) is 0 Å². The monoisotopic (exact) mass is 177 g/mol. The van der Waals surface area contributed by atoms with E-state index in [0.717, 1.165) is 14.0 Å². The van der Waals surface area contributed by atoms with Crippen LogP contribution in [0.2, 0.25) is 0 Å². The van der Waals surface area contributed by atoms with Crippen molar-refractivity contribution in [3.8, 4) is 0 Å². The number of carbonyl (C=O) groups excluding carboxylic acids is 1. The molecule has 0 bridgehead atoms. The largest absolute Gasteiger partial charge is 0.770 e. The number of nitrogens with zero attached hydrogens (tertiary/aromatic N) is 2. The molecule has 0 rings (SSSR count). The highest BCUT2D eigenvalue weighted by atomic mass is 31.2. The molecular weight excluding hydrogens is 171 g/mol. The number of carbonyl (C=O) groups is 1. The summed E-state index contributed by atoms with van der Waals surface area (Å²) in [4.78, 5) is 23.4. The predicted octanol–water partition coefficient (Wildman–Crippen LogP) is -0.597. The summed E-state index contributed by atoms with van der Waals surface area (Å²) in [5.74, 6) is -0.868. The first-order valence-corrected chi connectivity index (χ1v) is 4.10. The van der Waals surface area contributed by atoms with Crippen molar-refractivity contribution in [3.05, 3.63) is 5.53 Å². The van der Waals surface area contributed by atoms with Gasteiger partial charge in [-0.3, -0.25) is 9.36 Å². The highest BCUT2D eigenvalue weighted by Crippen LogP contribution is 2.36. The number of ketones is 1. The predicted molar refractivity (Wildman–Crippen MR) is 33.9 cm³/mol. The first kappa shape index (κ1) is 10.2. The molecule has 0 spiro atoms. The average Bonchev–Trinajstić information content (AvgIpc) is 1.88. The van der Waals surface area contributed by atoms with E-state index in [4.69, 9.17) is 5.53 Å². The minimum Gasteiger partial charge on any atom is -0.770 e.